The van der Waals surface area contributed by atoms with Crippen LogP contribution in [0.5, 0.6) is 0 Å². The number of ether oxygens (including phenoxy) is 2. The van der Waals surface area contributed by atoms with Gasteiger partial charge in [0.15, 0.2) is 5.69 Å². The van der Waals surface area contributed by atoms with Gasteiger partial charge in [-0.1, -0.05) is 18.1 Å². The fourth-order valence-corrected chi connectivity index (χ4v) is 3.75. The van der Waals surface area contributed by atoms with Crippen LogP contribution in [0, 0.1) is 17.8 Å². The van der Waals surface area contributed by atoms with Crippen molar-refractivity contribution in [2.75, 3.05) is 39.9 Å². The van der Waals surface area contributed by atoms with Gasteiger partial charge < -0.3 is 19.7 Å². The van der Waals surface area contributed by atoms with E-state index in [4.69, 9.17) is 9.47 Å². The first-order valence-electron chi connectivity index (χ1n) is 11.0. The van der Waals surface area contributed by atoms with E-state index in [1.165, 1.54) is 0 Å². The highest BCUT2D eigenvalue weighted by molar-refractivity contribution is 5.79. The Morgan fingerprint density at radius 3 is 2.87 bits per heavy atom. The van der Waals surface area contributed by atoms with Crippen LogP contribution in [0.3, 0.4) is 0 Å². The molecule has 4 atom stereocenters. The van der Waals surface area contributed by atoms with Gasteiger partial charge in [0, 0.05) is 26.7 Å². The molecular weight excluding hydrogens is 382 g/mol. The average Bonchev–Trinajstić information content (AvgIpc) is 3.40. The number of aromatic nitrogens is 3. The number of carbonyl (C=O) groups excluding carboxylic acids is 1. The van der Waals surface area contributed by atoms with Crippen LogP contribution in [-0.4, -0.2) is 77.9 Å². The molecule has 8 nitrogen and oxygen atoms in total. The van der Waals surface area contributed by atoms with Crippen molar-refractivity contribution < 1.29 is 14.3 Å². The molecule has 1 N–H and O–H groups in total. The molecule has 0 aliphatic carbocycles. The number of rotatable bonds is 11. The maximum Gasteiger partial charge on any atom is 0.228 e. The SMILES string of the molecule is CCN(CC)C(=O)[C@H](C)[C@H]1CC[C@@H](C[C@@H](C)n2cc(C#CCNCCOC)nn2)O1. The van der Waals surface area contributed by atoms with Gasteiger partial charge in [-0.2, -0.15) is 0 Å². The summed E-state index contributed by atoms with van der Waals surface area (Å²) in [4.78, 5) is 14.5. The normalized spacial score (nSPS) is 20.4. The van der Waals surface area contributed by atoms with Crippen molar-refractivity contribution in [3.8, 4) is 11.8 Å². The van der Waals surface area contributed by atoms with Crippen LogP contribution in [0.15, 0.2) is 6.20 Å². The minimum atomic E-state index is -0.101. The van der Waals surface area contributed by atoms with Crippen LogP contribution in [-0.2, 0) is 14.3 Å². The quantitative estimate of drug-likeness (QED) is 0.436. The molecule has 1 fully saturated rings. The number of hydrogen-bond donors (Lipinski definition) is 1. The molecule has 0 aromatic carbocycles. The number of methoxy groups -OCH3 is 1. The third-order valence-electron chi connectivity index (χ3n) is 5.64. The lowest BCUT2D eigenvalue weighted by atomic mass is 9.99. The summed E-state index contributed by atoms with van der Waals surface area (Å²) >= 11 is 0. The van der Waals surface area contributed by atoms with E-state index in [0.29, 0.717) is 18.8 Å². The van der Waals surface area contributed by atoms with E-state index in [9.17, 15) is 4.79 Å². The van der Waals surface area contributed by atoms with E-state index < -0.39 is 0 Å². The Morgan fingerprint density at radius 2 is 2.17 bits per heavy atom. The molecule has 1 aromatic rings. The van der Waals surface area contributed by atoms with E-state index in [1.54, 1.807) is 7.11 Å². The molecule has 0 saturated carbocycles. The largest absolute Gasteiger partial charge is 0.383 e. The first-order valence-corrected chi connectivity index (χ1v) is 11.0. The molecular formula is C22H37N5O3. The number of carbonyl (C=O) groups is 1. The molecule has 1 amide bonds. The molecule has 1 saturated heterocycles. The van der Waals surface area contributed by atoms with E-state index in [1.807, 2.05) is 36.5 Å². The molecule has 2 rings (SSSR count). The van der Waals surface area contributed by atoms with Gasteiger partial charge in [-0.05, 0) is 46.0 Å². The molecule has 0 radical (unpaired) electrons. The van der Waals surface area contributed by atoms with Gasteiger partial charge in [0.2, 0.25) is 5.91 Å². The molecule has 1 aromatic heterocycles. The van der Waals surface area contributed by atoms with Crippen LogP contribution < -0.4 is 5.32 Å². The smallest absolute Gasteiger partial charge is 0.228 e. The van der Waals surface area contributed by atoms with Crippen molar-refractivity contribution in [3.63, 3.8) is 0 Å². The van der Waals surface area contributed by atoms with E-state index in [0.717, 1.165) is 38.9 Å². The third-order valence-corrected chi connectivity index (χ3v) is 5.64. The lowest BCUT2D eigenvalue weighted by molar-refractivity contribution is -0.139. The summed E-state index contributed by atoms with van der Waals surface area (Å²) in [5.41, 5.74) is 0.666. The summed E-state index contributed by atoms with van der Waals surface area (Å²) in [6.07, 6.45) is 4.76. The second-order valence-electron chi connectivity index (χ2n) is 7.81. The zero-order valence-corrected chi connectivity index (χ0v) is 19.1. The monoisotopic (exact) mass is 419 g/mol. The maximum absolute atomic E-state index is 12.6. The molecule has 0 spiro atoms. The second kappa shape index (κ2) is 12.7. The summed E-state index contributed by atoms with van der Waals surface area (Å²) in [6.45, 7) is 11.7. The van der Waals surface area contributed by atoms with Gasteiger partial charge in [0.05, 0.1) is 43.5 Å². The van der Waals surface area contributed by atoms with Gasteiger partial charge in [0.1, 0.15) is 0 Å². The summed E-state index contributed by atoms with van der Waals surface area (Å²) in [5, 5.41) is 11.5. The summed E-state index contributed by atoms with van der Waals surface area (Å²) in [6, 6.07) is 0.158. The summed E-state index contributed by atoms with van der Waals surface area (Å²) in [5.74, 6) is 6.15. The molecule has 1 aliphatic heterocycles. The van der Waals surface area contributed by atoms with Crippen molar-refractivity contribution in [2.45, 2.75) is 65.2 Å². The minimum absolute atomic E-state index is 0.00178. The predicted molar refractivity (Wildman–Crippen MR) is 116 cm³/mol. The van der Waals surface area contributed by atoms with Crippen molar-refractivity contribution in [1.82, 2.24) is 25.2 Å². The lowest BCUT2D eigenvalue weighted by Crippen LogP contribution is -2.39. The first-order chi connectivity index (χ1) is 14.5. The Balaban J connectivity index is 1.80. The Bertz CT molecular complexity index is 707. The van der Waals surface area contributed by atoms with Crippen LogP contribution in [0.1, 0.15) is 58.7 Å². The Kier molecular flexibility index (Phi) is 10.3. The number of hydrogen-bond acceptors (Lipinski definition) is 6. The summed E-state index contributed by atoms with van der Waals surface area (Å²) < 4.78 is 13.1. The van der Waals surface area contributed by atoms with Gasteiger partial charge in [0.25, 0.3) is 0 Å². The Hall–Kier alpha value is -1.95. The molecule has 30 heavy (non-hydrogen) atoms. The fourth-order valence-electron chi connectivity index (χ4n) is 3.75. The highest BCUT2D eigenvalue weighted by atomic mass is 16.5. The summed E-state index contributed by atoms with van der Waals surface area (Å²) in [7, 11) is 1.68. The average molecular weight is 420 g/mol. The molecule has 168 valence electrons. The number of nitrogens with one attached hydrogen (secondary N) is 1. The molecule has 1 aliphatic rings. The van der Waals surface area contributed by atoms with Crippen molar-refractivity contribution in [3.05, 3.63) is 11.9 Å². The molecule has 0 unspecified atom stereocenters. The van der Waals surface area contributed by atoms with E-state index in [-0.39, 0.29) is 30.1 Å². The molecule has 8 heteroatoms. The number of amides is 1. The zero-order valence-electron chi connectivity index (χ0n) is 19.1. The first kappa shape index (κ1) is 24.3. The molecule has 2 heterocycles. The standard InChI is InChI=1S/C22H37N5O3/c1-6-26(7-2)22(28)18(4)21-11-10-20(30-21)15-17(3)27-16-19(24-25-27)9-8-12-23-13-14-29-5/h16-18,20-21,23H,6-7,10-15H2,1-5H3/t17-,18-,20+,21-/m1/s1. The number of nitrogens with zero attached hydrogens (tertiary/aromatic N) is 4. The van der Waals surface area contributed by atoms with Crippen LogP contribution >= 0.6 is 0 Å². The third kappa shape index (κ3) is 7.08. The minimum Gasteiger partial charge on any atom is -0.383 e. The van der Waals surface area contributed by atoms with E-state index in [2.05, 4.69) is 34.4 Å². The fraction of sp³-hybridized carbons (Fsp3) is 0.773. The Labute approximate surface area is 180 Å². The van der Waals surface area contributed by atoms with Crippen LogP contribution in [0.25, 0.3) is 0 Å². The van der Waals surface area contributed by atoms with Crippen LogP contribution in [0.2, 0.25) is 0 Å². The van der Waals surface area contributed by atoms with Crippen molar-refractivity contribution >= 4 is 5.91 Å². The van der Waals surface area contributed by atoms with Gasteiger partial charge in [-0.15, -0.1) is 5.10 Å². The highest BCUT2D eigenvalue weighted by Crippen LogP contribution is 2.30. The van der Waals surface area contributed by atoms with E-state index >= 15 is 0 Å². The van der Waals surface area contributed by atoms with Crippen LogP contribution in [0.4, 0.5) is 0 Å². The lowest BCUT2D eigenvalue weighted by Gasteiger charge is -2.26. The zero-order chi connectivity index (χ0) is 21.9. The highest BCUT2D eigenvalue weighted by Gasteiger charge is 2.35. The molecule has 0 bridgehead atoms. The van der Waals surface area contributed by atoms with Gasteiger partial charge >= 0.3 is 0 Å². The van der Waals surface area contributed by atoms with Crippen molar-refractivity contribution in [1.29, 1.82) is 0 Å². The Morgan fingerprint density at radius 1 is 1.40 bits per heavy atom. The van der Waals surface area contributed by atoms with Gasteiger partial charge in [-0.3, -0.25) is 4.79 Å². The second-order valence-corrected chi connectivity index (χ2v) is 7.81. The topological polar surface area (TPSA) is 81.5 Å². The maximum atomic E-state index is 12.6. The van der Waals surface area contributed by atoms with Gasteiger partial charge in [-0.25, -0.2) is 4.68 Å². The predicted octanol–water partition coefficient (Wildman–Crippen LogP) is 1.87. The van der Waals surface area contributed by atoms with Crippen molar-refractivity contribution in [2.24, 2.45) is 5.92 Å².